The number of aliphatic hydroxyl groups excluding tert-OH is 1. The van der Waals surface area contributed by atoms with Crippen molar-refractivity contribution in [2.75, 3.05) is 13.6 Å². The minimum Gasteiger partial charge on any atom is -0.387 e. The standard InChI is InChI=1S/C17H21FN2O3/c1-19-16(23)20(15(22)17(19)8-3-2-4-9-17)11-14(21)12-6-5-7-13(18)10-12/h5-7,10,14,21H,2-4,8-9,11H2,1H3. The summed E-state index contributed by atoms with van der Waals surface area (Å²) in [4.78, 5) is 27.9. The van der Waals surface area contributed by atoms with Gasteiger partial charge in [-0.2, -0.15) is 0 Å². The van der Waals surface area contributed by atoms with Crippen molar-refractivity contribution >= 4 is 11.9 Å². The zero-order valence-corrected chi connectivity index (χ0v) is 13.2. The van der Waals surface area contributed by atoms with E-state index in [1.54, 1.807) is 13.1 Å². The molecule has 23 heavy (non-hydrogen) atoms. The lowest BCUT2D eigenvalue weighted by atomic mass is 9.80. The molecule has 1 aromatic carbocycles. The molecule has 3 rings (SSSR count). The number of benzene rings is 1. The summed E-state index contributed by atoms with van der Waals surface area (Å²) in [6.07, 6.45) is 3.16. The number of aliphatic hydroxyl groups is 1. The summed E-state index contributed by atoms with van der Waals surface area (Å²) in [6.45, 7) is -0.146. The number of amides is 3. The summed E-state index contributed by atoms with van der Waals surface area (Å²) in [5.74, 6) is -0.693. The van der Waals surface area contributed by atoms with Crippen molar-refractivity contribution in [3.8, 4) is 0 Å². The van der Waals surface area contributed by atoms with Crippen LogP contribution < -0.4 is 0 Å². The second-order valence-electron chi connectivity index (χ2n) is 6.42. The van der Waals surface area contributed by atoms with Crippen LogP contribution in [0.25, 0.3) is 0 Å². The van der Waals surface area contributed by atoms with Gasteiger partial charge in [0.25, 0.3) is 5.91 Å². The molecule has 2 fully saturated rings. The van der Waals surface area contributed by atoms with Crippen molar-refractivity contribution in [3.63, 3.8) is 0 Å². The van der Waals surface area contributed by atoms with Crippen LogP contribution in [0, 0.1) is 5.82 Å². The number of imide groups is 1. The number of rotatable bonds is 3. The van der Waals surface area contributed by atoms with Crippen molar-refractivity contribution in [1.82, 2.24) is 9.80 Å². The number of hydrogen-bond acceptors (Lipinski definition) is 3. The molecule has 1 aliphatic heterocycles. The van der Waals surface area contributed by atoms with E-state index in [1.807, 2.05) is 0 Å². The first-order chi connectivity index (χ1) is 11.0. The number of nitrogens with zero attached hydrogens (tertiary/aromatic N) is 2. The minimum absolute atomic E-state index is 0.146. The molecule has 1 spiro atoms. The molecule has 1 saturated carbocycles. The molecule has 0 bridgehead atoms. The average molecular weight is 320 g/mol. The van der Waals surface area contributed by atoms with Crippen LogP contribution >= 0.6 is 0 Å². The van der Waals surface area contributed by atoms with E-state index >= 15 is 0 Å². The van der Waals surface area contributed by atoms with Gasteiger partial charge in [-0.3, -0.25) is 9.69 Å². The van der Waals surface area contributed by atoms with Crippen LogP contribution in [-0.2, 0) is 4.79 Å². The topological polar surface area (TPSA) is 60.9 Å². The minimum atomic E-state index is -1.09. The van der Waals surface area contributed by atoms with E-state index in [9.17, 15) is 19.1 Å². The molecule has 0 aromatic heterocycles. The van der Waals surface area contributed by atoms with E-state index in [-0.39, 0.29) is 18.5 Å². The number of halogens is 1. The van der Waals surface area contributed by atoms with E-state index < -0.39 is 17.5 Å². The Balaban J connectivity index is 1.80. The lowest BCUT2D eigenvalue weighted by molar-refractivity contribution is -0.135. The van der Waals surface area contributed by atoms with Crippen molar-refractivity contribution in [3.05, 3.63) is 35.6 Å². The van der Waals surface area contributed by atoms with E-state index in [0.29, 0.717) is 18.4 Å². The average Bonchev–Trinajstić information content (AvgIpc) is 2.72. The highest BCUT2D eigenvalue weighted by atomic mass is 19.1. The molecular weight excluding hydrogens is 299 g/mol. The maximum atomic E-state index is 13.3. The first-order valence-electron chi connectivity index (χ1n) is 7.99. The Bertz CT molecular complexity index is 628. The van der Waals surface area contributed by atoms with Gasteiger partial charge in [0.1, 0.15) is 11.4 Å². The molecule has 1 atom stereocenters. The van der Waals surface area contributed by atoms with Gasteiger partial charge in [0.05, 0.1) is 12.6 Å². The van der Waals surface area contributed by atoms with E-state index in [4.69, 9.17) is 0 Å². The number of urea groups is 1. The molecule has 2 aliphatic rings. The molecular formula is C17H21FN2O3. The molecule has 1 heterocycles. The summed E-state index contributed by atoms with van der Waals surface area (Å²) in [5.41, 5.74) is -0.394. The van der Waals surface area contributed by atoms with Crippen LogP contribution in [0.1, 0.15) is 43.8 Å². The van der Waals surface area contributed by atoms with Crippen molar-refractivity contribution in [1.29, 1.82) is 0 Å². The second kappa shape index (κ2) is 5.92. The van der Waals surface area contributed by atoms with Crippen LogP contribution in [-0.4, -0.2) is 46.0 Å². The summed E-state index contributed by atoms with van der Waals surface area (Å²) >= 11 is 0. The number of likely N-dealkylation sites (N-methyl/N-ethyl adjacent to an activating group) is 1. The second-order valence-corrected chi connectivity index (χ2v) is 6.42. The molecule has 1 saturated heterocycles. The highest BCUT2D eigenvalue weighted by molar-refractivity contribution is 6.07. The molecule has 5 nitrogen and oxygen atoms in total. The summed E-state index contributed by atoms with van der Waals surface area (Å²) in [6, 6.07) is 5.20. The molecule has 124 valence electrons. The SMILES string of the molecule is CN1C(=O)N(CC(O)c2cccc(F)c2)C(=O)C12CCCCC2. The first kappa shape index (κ1) is 15.9. The Morgan fingerprint density at radius 1 is 1.26 bits per heavy atom. The third kappa shape index (κ3) is 2.61. The van der Waals surface area contributed by atoms with E-state index in [0.717, 1.165) is 24.2 Å². The molecule has 0 radical (unpaired) electrons. The van der Waals surface area contributed by atoms with Gasteiger partial charge in [0.15, 0.2) is 0 Å². The van der Waals surface area contributed by atoms with Crippen LogP contribution in [0.4, 0.5) is 9.18 Å². The maximum Gasteiger partial charge on any atom is 0.327 e. The summed E-state index contributed by atoms with van der Waals surface area (Å²) in [5, 5.41) is 10.3. The smallest absolute Gasteiger partial charge is 0.327 e. The lowest BCUT2D eigenvalue weighted by Gasteiger charge is -2.35. The van der Waals surface area contributed by atoms with Gasteiger partial charge in [-0.05, 0) is 30.5 Å². The Labute approximate surface area is 134 Å². The Kier molecular flexibility index (Phi) is 4.10. The Morgan fingerprint density at radius 3 is 2.61 bits per heavy atom. The first-order valence-corrected chi connectivity index (χ1v) is 7.99. The fourth-order valence-electron chi connectivity index (χ4n) is 3.68. The van der Waals surface area contributed by atoms with Gasteiger partial charge in [0.2, 0.25) is 0 Å². The van der Waals surface area contributed by atoms with Gasteiger partial charge < -0.3 is 10.0 Å². The van der Waals surface area contributed by atoms with Crippen LogP contribution in [0.5, 0.6) is 0 Å². The normalized spacial score (nSPS) is 22.0. The summed E-state index contributed by atoms with van der Waals surface area (Å²) in [7, 11) is 1.65. The molecule has 1 aliphatic carbocycles. The Morgan fingerprint density at radius 2 is 1.96 bits per heavy atom. The molecule has 6 heteroatoms. The highest BCUT2D eigenvalue weighted by Crippen LogP contribution is 2.39. The van der Waals surface area contributed by atoms with Crippen LogP contribution in [0.3, 0.4) is 0 Å². The number of hydrogen-bond donors (Lipinski definition) is 1. The Hall–Kier alpha value is -1.95. The van der Waals surface area contributed by atoms with Crippen molar-refractivity contribution < 1.29 is 19.1 Å². The molecule has 1 N–H and O–H groups in total. The van der Waals surface area contributed by atoms with Crippen LogP contribution in [0.15, 0.2) is 24.3 Å². The largest absolute Gasteiger partial charge is 0.387 e. The predicted molar refractivity (Wildman–Crippen MR) is 82.0 cm³/mol. The van der Waals surface area contributed by atoms with Gasteiger partial charge in [-0.25, -0.2) is 9.18 Å². The third-order valence-electron chi connectivity index (χ3n) is 5.07. The molecule has 1 aromatic rings. The number of carbonyl (C=O) groups is 2. The van der Waals surface area contributed by atoms with Crippen molar-refractivity contribution in [2.45, 2.75) is 43.7 Å². The fraction of sp³-hybridized carbons (Fsp3) is 0.529. The van der Waals surface area contributed by atoms with Gasteiger partial charge in [0, 0.05) is 7.05 Å². The number of carbonyl (C=O) groups excluding carboxylic acids is 2. The highest BCUT2D eigenvalue weighted by Gasteiger charge is 2.55. The van der Waals surface area contributed by atoms with E-state index in [1.165, 1.54) is 23.1 Å². The zero-order valence-electron chi connectivity index (χ0n) is 13.2. The van der Waals surface area contributed by atoms with Gasteiger partial charge >= 0.3 is 6.03 Å². The quantitative estimate of drug-likeness (QED) is 0.870. The van der Waals surface area contributed by atoms with Crippen molar-refractivity contribution in [2.24, 2.45) is 0 Å². The monoisotopic (exact) mass is 320 g/mol. The molecule has 1 unspecified atom stereocenters. The third-order valence-corrected chi connectivity index (χ3v) is 5.07. The predicted octanol–water partition coefficient (Wildman–Crippen LogP) is 2.46. The molecule has 3 amide bonds. The lowest BCUT2D eigenvalue weighted by Crippen LogP contribution is -2.49. The van der Waals surface area contributed by atoms with Crippen LogP contribution in [0.2, 0.25) is 0 Å². The van der Waals surface area contributed by atoms with Gasteiger partial charge in [-0.1, -0.05) is 31.4 Å². The maximum absolute atomic E-state index is 13.3. The van der Waals surface area contributed by atoms with E-state index in [2.05, 4.69) is 0 Å². The van der Waals surface area contributed by atoms with Gasteiger partial charge in [-0.15, -0.1) is 0 Å². The summed E-state index contributed by atoms with van der Waals surface area (Å²) < 4.78 is 13.3. The number of β-amino-alcohol motifs (C(OH)–C–C–N with tert-alkyl or cyclic N) is 1. The fourth-order valence-corrected chi connectivity index (χ4v) is 3.68. The zero-order chi connectivity index (χ0) is 16.6.